The van der Waals surface area contributed by atoms with E-state index in [0.717, 1.165) is 33.6 Å². The molecule has 336 valence electrons. The van der Waals surface area contributed by atoms with Crippen LogP contribution in [0.2, 0.25) is 10.0 Å². The zero-order valence-corrected chi connectivity index (χ0v) is 37.9. The van der Waals surface area contributed by atoms with E-state index in [1.165, 1.54) is 0 Å². The van der Waals surface area contributed by atoms with E-state index in [4.69, 9.17) is 52.1 Å². The van der Waals surface area contributed by atoms with Gasteiger partial charge in [-0.15, -0.1) is 20.4 Å². The first-order valence-corrected chi connectivity index (χ1v) is 22.0. The molecule has 0 saturated carbocycles. The van der Waals surface area contributed by atoms with E-state index in [1.54, 1.807) is 7.11 Å². The Morgan fingerprint density at radius 1 is 0.615 bits per heavy atom. The summed E-state index contributed by atoms with van der Waals surface area (Å²) in [5, 5.41) is 24.6. The number of hydrogen-bond donors (Lipinski definition) is 2. The lowest BCUT2D eigenvalue weighted by molar-refractivity contribution is -0.122. The lowest BCUT2D eigenvalue weighted by Crippen LogP contribution is -2.29. The number of fused-ring (bicyclic) bond motifs is 6. The molecule has 2 aliphatic heterocycles. The first kappa shape index (κ1) is 45.1. The first-order chi connectivity index (χ1) is 31.6. The molecule has 65 heavy (non-hydrogen) atoms. The van der Waals surface area contributed by atoms with Gasteiger partial charge in [-0.2, -0.15) is 0 Å². The van der Waals surface area contributed by atoms with Gasteiger partial charge in [0, 0.05) is 45.4 Å². The minimum Gasteiger partial charge on any atom is -0.497 e. The molecule has 4 aromatic carbocycles. The average Bonchev–Trinajstić information content (AvgIpc) is 3.81. The minimum atomic E-state index is -0.621. The van der Waals surface area contributed by atoms with Crippen LogP contribution in [0.5, 0.6) is 11.5 Å². The van der Waals surface area contributed by atoms with E-state index >= 15 is 0 Å². The standard InChI is InChI=1S/C47H48Cl2N10O6/c1-5-50-42(60)26-38-46-56-55-29(3)59(46)41-17-15-35(25-37(41)45(52-38)31-8-12-33(49)13-9-31)65-23-22-64-21-20-63-19-18-51-43(61)27-39-47-57-54-28(2)58(47)40-16-14-34(62-4)24-36(40)44(53-39)30-6-10-32(48)11-7-30/h6-17,24-25,38-39H,5,18-23,26-27H2,1-4H3,(H,50,60)(H,51,61). The van der Waals surface area contributed by atoms with E-state index in [0.29, 0.717) is 95.8 Å². The molecule has 0 spiro atoms. The van der Waals surface area contributed by atoms with Crippen LogP contribution in [0, 0.1) is 13.8 Å². The second kappa shape index (κ2) is 20.6. The Morgan fingerprint density at radius 2 is 1.09 bits per heavy atom. The number of nitrogens with one attached hydrogen (secondary N) is 2. The van der Waals surface area contributed by atoms with Gasteiger partial charge >= 0.3 is 0 Å². The Kier molecular flexibility index (Phi) is 14.3. The van der Waals surface area contributed by atoms with Crippen molar-refractivity contribution in [2.75, 3.05) is 53.2 Å². The first-order valence-electron chi connectivity index (χ1n) is 21.3. The summed E-state index contributed by atoms with van der Waals surface area (Å²) in [5.41, 5.74) is 6.31. The third-order valence-corrected chi connectivity index (χ3v) is 11.3. The third-order valence-electron chi connectivity index (χ3n) is 10.8. The van der Waals surface area contributed by atoms with Crippen molar-refractivity contribution in [3.05, 3.63) is 141 Å². The maximum Gasteiger partial charge on any atom is 0.222 e. The topological polar surface area (TPSA) is 181 Å². The van der Waals surface area contributed by atoms with Crippen LogP contribution in [0.4, 0.5) is 0 Å². The van der Waals surface area contributed by atoms with Gasteiger partial charge in [0.2, 0.25) is 11.8 Å². The Bertz CT molecular complexity index is 2730. The molecule has 2 amide bonds. The number of carbonyl (C=O) groups excluding carboxylic acids is 2. The molecule has 0 radical (unpaired) electrons. The molecule has 2 atom stereocenters. The Morgan fingerprint density at radius 3 is 1.62 bits per heavy atom. The van der Waals surface area contributed by atoms with Gasteiger partial charge in [-0.3, -0.25) is 28.7 Å². The lowest BCUT2D eigenvalue weighted by atomic mass is 10.00. The molecule has 4 heterocycles. The Labute approximate surface area is 386 Å². The Balaban J connectivity index is 0.837. The molecule has 2 aliphatic rings. The quantitative estimate of drug-likeness (QED) is 0.0880. The molecule has 0 bridgehead atoms. The predicted octanol–water partition coefficient (Wildman–Crippen LogP) is 6.71. The molecule has 2 aromatic heterocycles. The number of nitrogens with zero attached hydrogens (tertiary/aromatic N) is 8. The van der Waals surface area contributed by atoms with Crippen molar-refractivity contribution in [3.63, 3.8) is 0 Å². The normalized spacial score (nSPS) is 15.0. The summed E-state index contributed by atoms with van der Waals surface area (Å²) in [5.74, 6) is 3.44. The fourth-order valence-corrected chi connectivity index (χ4v) is 8.06. The molecular formula is C47H48Cl2N10O6. The summed E-state index contributed by atoms with van der Waals surface area (Å²) in [6.45, 7) is 8.00. The van der Waals surface area contributed by atoms with Crippen LogP contribution in [0.15, 0.2) is 94.9 Å². The highest BCUT2D eigenvalue weighted by molar-refractivity contribution is 6.31. The second-order valence-corrected chi connectivity index (χ2v) is 16.1. The van der Waals surface area contributed by atoms with E-state index in [-0.39, 0.29) is 31.3 Å². The van der Waals surface area contributed by atoms with Crippen molar-refractivity contribution in [2.24, 2.45) is 9.98 Å². The fraction of sp³-hybridized carbons (Fsp3) is 0.319. The molecule has 18 heteroatoms. The molecule has 16 nitrogen and oxygen atoms in total. The summed E-state index contributed by atoms with van der Waals surface area (Å²) >= 11 is 12.5. The summed E-state index contributed by atoms with van der Waals surface area (Å²) in [7, 11) is 1.62. The molecule has 2 unspecified atom stereocenters. The molecule has 6 aromatic rings. The fourth-order valence-electron chi connectivity index (χ4n) is 7.81. The number of benzene rings is 4. The van der Waals surface area contributed by atoms with Gasteiger partial charge in [-0.05, 0) is 81.4 Å². The van der Waals surface area contributed by atoms with Gasteiger partial charge in [0.1, 0.15) is 41.8 Å². The molecule has 0 fully saturated rings. The number of rotatable bonds is 18. The Hall–Kier alpha value is -6.46. The summed E-state index contributed by atoms with van der Waals surface area (Å²) in [6.07, 6.45) is 0.153. The van der Waals surface area contributed by atoms with Gasteiger partial charge < -0.3 is 29.6 Å². The van der Waals surface area contributed by atoms with Gasteiger partial charge in [0.05, 0.1) is 69.2 Å². The smallest absolute Gasteiger partial charge is 0.222 e. The average molecular weight is 920 g/mol. The third kappa shape index (κ3) is 10.3. The zero-order valence-electron chi connectivity index (χ0n) is 36.4. The molecule has 0 saturated heterocycles. The highest BCUT2D eigenvalue weighted by Crippen LogP contribution is 2.36. The number of methoxy groups -OCH3 is 1. The minimum absolute atomic E-state index is 0.0443. The molecule has 8 rings (SSSR count). The van der Waals surface area contributed by atoms with E-state index in [9.17, 15) is 9.59 Å². The van der Waals surface area contributed by atoms with Crippen molar-refractivity contribution in [1.82, 2.24) is 40.2 Å². The number of aromatic nitrogens is 6. The van der Waals surface area contributed by atoms with E-state index in [2.05, 4.69) is 31.0 Å². The zero-order chi connectivity index (χ0) is 45.5. The van der Waals surface area contributed by atoms with Crippen molar-refractivity contribution in [1.29, 1.82) is 0 Å². The van der Waals surface area contributed by atoms with Crippen molar-refractivity contribution >= 4 is 46.4 Å². The maximum atomic E-state index is 13.4. The molecule has 0 aliphatic carbocycles. The molecular weight excluding hydrogens is 871 g/mol. The van der Waals surface area contributed by atoms with Crippen LogP contribution in [0.25, 0.3) is 11.4 Å². The largest absolute Gasteiger partial charge is 0.497 e. The van der Waals surface area contributed by atoms with E-state index < -0.39 is 12.1 Å². The SMILES string of the molecule is CCNC(=O)CC1N=C(c2ccc(Cl)cc2)c2cc(OCCOCCOCCNC(=O)CC3N=C(c4ccc(Cl)cc4)c4cc(OC)ccc4-n4c(C)nnc43)ccc2-n2c(C)nnc21. The molecule has 2 N–H and O–H groups in total. The predicted molar refractivity (Wildman–Crippen MR) is 246 cm³/mol. The summed E-state index contributed by atoms with van der Waals surface area (Å²) < 4.78 is 27.2. The van der Waals surface area contributed by atoms with Crippen LogP contribution >= 0.6 is 23.2 Å². The number of aryl methyl sites for hydroxylation is 2. The van der Waals surface area contributed by atoms with Gasteiger partial charge in [0.15, 0.2) is 11.6 Å². The van der Waals surface area contributed by atoms with Crippen LogP contribution < -0.4 is 20.1 Å². The van der Waals surface area contributed by atoms with Crippen molar-refractivity contribution in [2.45, 2.75) is 45.7 Å². The maximum absolute atomic E-state index is 13.4. The van der Waals surface area contributed by atoms with Crippen LogP contribution in [0.1, 0.15) is 77.4 Å². The highest BCUT2D eigenvalue weighted by atomic mass is 35.5. The number of hydrogen-bond acceptors (Lipinski definition) is 12. The number of aliphatic imine (C=N–C) groups is 2. The van der Waals surface area contributed by atoms with Crippen LogP contribution in [-0.2, 0) is 19.1 Å². The number of ether oxygens (including phenoxy) is 4. The van der Waals surface area contributed by atoms with Gasteiger partial charge in [0.25, 0.3) is 0 Å². The monoisotopic (exact) mass is 918 g/mol. The van der Waals surface area contributed by atoms with Gasteiger partial charge in [-0.1, -0.05) is 47.5 Å². The second-order valence-electron chi connectivity index (χ2n) is 15.2. The van der Waals surface area contributed by atoms with Crippen LogP contribution in [-0.4, -0.2) is 106 Å². The number of halogens is 2. The summed E-state index contributed by atoms with van der Waals surface area (Å²) in [6, 6.07) is 25.2. The highest BCUT2D eigenvalue weighted by Gasteiger charge is 2.32. The van der Waals surface area contributed by atoms with E-state index in [1.807, 2.05) is 115 Å². The van der Waals surface area contributed by atoms with Crippen molar-refractivity contribution in [3.8, 4) is 22.9 Å². The van der Waals surface area contributed by atoms with Crippen LogP contribution in [0.3, 0.4) is 0 Å². The number of carbonyl (C=O) groups is 2. The van der Waals surface area contributed by atoms with Gasteiger partial charge in [-0.25, -0.2) is 0 Å². The number of amides is 2. The van der Waals surface area contributed by atoms with Crippen molar-refractivity contribution < 1.29 is 28.5 Å². The summed E-state index contributed by atoms with van der Waals surface area (Å²) in [4.78, 5) is 36.4. The lowest BCUT2D eigenvalue weighted by Gasteiger charge is -2.15.